The fourth-order valence-electron chi connectivity index (χ4n) is 1.53. The number of carbonyl (C=O) groups excluding carboxylic acids is 1. The molecule has 1 heterocycles. The van der Waals surface area contributed by atoms with Gasteiger partial charge in [0, 0.05) is 6.07 Å². The minimum Gasteiger partial charge on any atom is -0.461 e. The van der Waals surface area contributed by atoms with Gasteiger partial charge in [0.25, 0.3) is 0 Å². The minimum atomic E-state index is -0.522. The van der Waals surface area contributed by atoms with E-state index in [1.807, 2.05) is 0 Å². The zero-order valence-electron chi connectivity index (χ0n) is 9.76. The summed E-state index contributed by atoms with van der Waals surface area (Å²) in [6.45, 7) is 1.97. The highest BCUT2D eigenvalue weighted by molar-refractivity contribution is 5.89. The highest BCUT2D eigenvalue weighted by atomic mass is 19.1. The second-order valence-corrected chi connectivity index (χ2v) is 3.56. The van der Waals surface area contributed by atoms with Gasteiger partial charge in [0.2, 0.25) is 0 Å². The summed E-state index contributed by atoms with van der Waals surface area (Å²) >= 11 is 0. The summed E-state index contributed by atoms with van der Waals surface area (Å²) in [5.41, 5.74) is 6.31. The molecule has 0 spiro atoms. The molecule has 1 aromatic carbocycles. The zero-order valence-corrected chi connectivity index (χ0v) is 9.76. The standard InChI is InChI=1S/C12H12FN3O2/c1-2-18-12(17)10-7-11(14)15-16(10)9-5-3-8(13)4-6-9/h3-7H,2H2,1H3,(H2,14,15). The van der Waals surface area contributed by atoms with E-state index in [0.29, 0.717) is 5.69 Å². The molecule has 5 nitrogen and oxygen atoms in total. The van der Waals surface area contributed by atoms with E-state index in [1.54, 1.807) is 6.92 Å². The van der Waals surface area contributed by atoms with Gasteiger partial charge in [0.1, 0.15) is 11.6 Å². The van der Waals surface area contributed by atoms with Crippen LogP contribution < -0.4 is 5.73 Å². The van der Waals surface area contributed by atoms with E-state index < -0.39 is 5.97 Å². The Bertz CT molecular complexity index is 563. The van der Waals surface area contributed by atoms with Crippen LogP contribution in [0.5, 0.6) is 0 Å². The molecule has 0 radical (unpaired) electrons. The predicted octanol–water partition coefficient (Wildman–Crippen LogP) is 1.77. The van der Waals surface area contributed by atoms with Crippen LogP contribution in [-0.2, 0) is 4.74 Å². The Morgan fingerprint density at radius 1 is 1.44 bits per heavy atom. The molecule has 0 aliphatic rings. The van der Waals surface area contributed by atoms with Gasteiger partial charge in [-0.3, -0.25) is 0 Å². The number of nitrogen functional groups attached to an aromatic ring is 1. The second-order valence-electron chi connectivity index (χ2n) is 3.56. The third-order valence-corrected chi connectivity index (χ3v) is 2.28. The SMILES string of the molecule is CCOC(=O)c1cc(N)nn1-c1ccc(F)cc1. The van der Waals surface area contributed by atoms with Crippen molar-refractivity contribution in [3.05, 3.63) is 41.8 Å². The van der Waals surface area contributed by atoms with Crippen molar-refractivity contribution in [2.45, 2.75) is 6.92 Å². The molecular formula is C12H12FN3O2. The summed E-state index contributed by atoms with van der Waals surface area (Å²) in [5, 5.41) is 3.99. The second kappa shape index (κ2) is 4.87. The van der Waals surface area contributed by atoms with Crippen molar-refractivity contribution >= 4 is 11.8 Å². The molecule has 2 N–H and O–H groups in total. The van der Waals surface area contributed by atoms with Gasteiger partial charge in [0.15, 0.2) is 5.69 Å². The number of benzene rings is 1. The number of anilines is 1. The predicted molar refractivity (Wildman–Crippen MR) is 63.9 cm³/mol. The summed E-state index contributed by atoms with van der Waals surface area (Å²) in [6.07, 6.45) is 0. The maximum atomic E-state index is 12.8. The fourth-order valence-corrected chi connectivity index (χ4v) is 1.53. The summed E-state index contributed by atoms with van der Waals surface area (Å²) in [4.78, 5) is 11.7. The summed E-state index contributed by atoms with van der Waals surface area (Å²) in [7, 11) is 0. The molecule has 0 aliphatic carbocycles. The Morgan fingerprint density at radius 3 is 2.72 bits per heavy atom. The summed E-state index contributed by atoms with van der Waals surface area (Å²) in [5.74, 6) is -0.690. The highest BCUT2D eigenvalue weighted by Crippen LogP contribution is 2.15. The molecule has 0 fully saturated rings. The molecule has 0 atom stereocenters. The number of nitrogens with two attached hydrogens (primary N) is 1. The average Bonchev–Trinajstić information content (AvgIpc) is 2.73. The van der Waals surface area contributed by atoms with Crippen molar-refractivity contribution in [3.8, 4) is 5.69 Å². The third-order valence-electron chi connectivity index (χ3n) is 2.28. The van der Waals surface area contributed by atoms with Gasteiger partial charge in [0.05, 0.1) is 12.3 Å². The Labute approximate surface area is 103 Å². The number of ether oxygens (including phenoxy) is 1. The molecular weight excluding hydrogens is 237 g/mol. The van der Waals surface area contributed by atoms with Crippen molar-refractivity contribution in [1.82, 2.24) is 9.78 Å². The molecule has 0 saturated heterocycles. The number of nitrogens with zero attached hydrogens (tertiary/aromatic N) is 2. The number of aromatic nitrogens is 2. The highest BCUT2D eigenvalue weighted by Gasteiger charge is 2.16. The van der Waals surface area contributed by atoms with Crippen LogP contribution >= 0.6 is 0 Å². The van der Waals surface area contributed by atoms with Gasteiger partial charge < -0.3 is 10.5 Å². The number of hydrogen-bond acceptors (Lipinski definition) is 4. The molecule has 0 unspecified atom stereocenters. The number of esters is 1. The first-order chi connectivity index (χ1) is 8.61. The van der Waals surface area contributed by atoms with Crippen LogP contribution in [0.15, 0.2) is 30.3 Å². The minimum absolute atomic E-state index is 0.197. The first kappa shape index (κ1) is 12.1. The van der Waals surface area contributed by atoms with Gasteiger partial charge in [-0.1, -0.05) is 0 Å². The van der Waals surface area contributed by atoms with Crippen molar-refractivity contribution in [2.24, 2.45) is 0 Å². The monoisotopic (exact) mass is 249 g/mol. The van der Waals surface area contributed by atoms with Crippen LogP contribution in [-0.4, -0.2) is 22.4 Å². The Kier molecular flexibility index (Phi) is 3.27. The topological polar surface area (TPSA) is 70.1 Å². The van der Waals surface area contributed by atoms with Gasteiger partial charge >= 0.3 is 5.97 Å². The van der Waals surface area contributed by atoms with Crippen LogP contribution in [0.1, 0.15) is 17.4 Å². The number of hydrogen-bond donors (Lipinski definition) is 1. The normalized spacial score (nSPS) is 10.3. The van der Waals surface area contributed by atoms with Gasteiger partial charge in [-0.15, -0.1) is 5.10 Å². The van der Waals surface area contributed by atoms with E-state index in [2.05, 4.69) is 5.10 Å². The quantitative estimate of drug-likeness (QED) is 0.841. The van der Waals surface area contributed by atoms with Crippen LogP contribution in [0.4, 0.5) is 10.2 Å². The van der Waals surface area contributed by atoms with Crippen molar-refractivity contribution in [1.29, 1.82) is 0 Å². The molecule has 1 aromatic heterocycles. The smallest absolute Gasteiger partial charge is 0.357 e. The van der Waals surface area contributed by atoms with Gasteiger partial charge in [-0.2, -0.15) is 0 Å². The van der Waals surface area contributed by atoms with E-state index >= 15 is 0 Å². The molecule has 0 bridgehead atoms. The lowest BCUT2D eigenvalue weighted by Gasteiger charge is -2.06. The zero-order chi connectivity index (χ0) is 13.1. The number of rotatable bonds is 3. The largest absolute Gasteiger partial charge is 0.461 e. The van der Waals surface area contributed by atoms with Gasteiger partial charge in [-0.05, 0) is 31.2 Å². The van der Waals surface area contributed by atoms with Crippen LogP contribution in [0, 0.1) is 5.82 Å². The van der Waals surface area contributed by atoms with Crippen molar-refractivity contribution < 1.29 is 13.9 Å². The van der Waals surface area contributed by atoms with Gasteiger partial charge in [-0.25, -0.2) is 13.9 Å². The van der Waals surface area contributed by atoms with Crippen LogP contribution in [0.2, 0.25) is 0 Å². The maximum Gasteiger partial charge on any atom is 0.357 e. The number of carbonyl (C=O) groups is 1. The lowest BCUT2D eigenvalue weighted by atomic mass is 10.3. The molecule has 0 aliphatic heterocycles. The number of halogens is 1. The first-order valence-electron chi connectivity index (χ1n) is 5.40. The van der Waals surface area contributed by atoms with E-state index in [4.69, 9.17) is 10.5 Å². The fraction of sp³-hybridized carbons (Fsp3) is 0.167. The Hall–Kier alpha value is -2.37. The Morgan fingerprint density at radius 2 is 2.11 bits per heavy atom. The lowest BCUT2D eigenvalue weighted by molar-refractivity contribution is 0.0516. The van der Waals surface area contributed by atoms with E-state index in [0.717, 1.165) is 0 Å². The summed E-state index contributed by atoms with van der Waals surface area (Å²) in [6, 6.07) is 6.99. The van der Waals surface area contributed by atoms with Crippen LogP contribution in [0.3, 0.4) is 0 Å². The first-order valence-corrected chi connectivity index (χ1v) is 5.40. The lowest BCUT2D eigenvalue weighted by Crippen LogP contribution is -2.11. The molecule has 6 heteroatoms. The molecule has 94 valence electrons. The third kappa shape index (κ3) is 2.32. The maximum absolute atomic E-state index is 12.8. The van der Waals surface area contributed by atoms with E-state index in [-0.39, 0.29) is 23.9 Å². The molecule has 2 rings (SSSR count). The van der Waals surface area contributed by atoms with Crippen molar-refractivity contribution in [3.63, 3.8) is 0 Å². The van der Waals surface area contributed by atoms with Crippen molar-refractivity contribution in [2.75, 3.05) is 12.3 Å². The average molecular weight is 249 g/mol. The summed E-state index contributed by atoms with van der Waals surface area (Å²) < 4.78 is 19.1. The van der Waals surface area contributed by atoms with E-state index in [1.165, 1.54) is 35.0 Å². The Balaban J connectivity index is 2.44. The molecule has 2 aromatic rings. The molecule has 0 saturated carbocycles. The van der Waals surface area contributed by atoms with Crippen LogP contribution in [0.25, 0.3) is 5.69 Å². The molecule has 18 heavy (non-hydrogen) atoms. The molecule has 0 amide bonds. The van der Waals surface area contributed by atoms with E-state index in [9.17, 15) is 9.18 Å².